The first-order valence-corrected chi connectivity index (χ1v) is 13.5. The fourth-order valence-electron chi connectivity index (χ4n) is 4.57. The van der Waals surface area contributed by atoms with Crippen molar-refractivity contribution in [3.63, 3.8) is 0 Å². The third kappa shape index (κ3) is 7.63. The standard InChI is InChI=1S/C27H36N2.C6H6S.Cu/c1-18(2)22-11-9-12-23(19(3)4)26(22)28-15-16-29(17-28)27-24(20(5)6)13-10-14-25(27)21(7)8;7-6-4-2-1-3-5-6;/h9-16,18-21H,1-8H3;1-5,7H;/q;;+1/p-1. The summed E-state index contributed by atoms with van der Waals surface area (Å²) < 4.78 is 0. The molecule has 3 aromatic carbocycles. The zero-order valence-corrected chi connectivity index (χ0v) is 25.2. The summed E-state index contributed by atoms with van der Waals surface area (Å²) >= 11 is 4.81. The third-order valence-corrected chi connectivity index (χ3v) is 6.76. The molecule has 4 rings (SSSR count). The van der Waals surface area contributed by atoms with Crippen molar-refractivity contribution in [2.75, 3.05) is 9.80 Å². The van der Waals surface area contributed by atoms with Crippen molar-refractivity contribution in [3.05, 3.63) is 108 Å². The van der Waals surface area contributed by atoms with Gasteiger partial charge >= 0.3 is 17.1 Å². The topological polar surface area (TPSA) is 6.48 Å². The maximum absolute atomic E-state index is 4.81. The molecular formula is C33H41CuN2S. The molecule has 0 aromatic heterocycles. The first-order chi connectivity index (χ1) is 17.1. The van der Waals surface area contributed by atoms with Gasteiger partial charge in [-0.15, -0.1) is 0 Å². The number of nitrogens with zero attached hydrogens (tertiary/aromatic N) is 2. The van der Waals surface area contributed by atoms with Crippen molar-refractivity contribution in [1.82, 2.24) is 0 Å². The first-order valence-electron chi connectivity index (χ1n) is 13.1. The van der Waals surface area contributed by atoms with Gasteiger partial charge in [-0.25, -0.2) is 0 Å². The summed E-state index contributed by atoms with van der Waals surface area (Å²) in [5, 5.41) is 0. The van der Waals surface area contributed by atoms with Crippen molar-refractivity contribution in [3.8, 4) is 0 Å². The Morgan fingerprint density at radius 1 is 0.514 bits per heavy atom. The maximum atomic E-state index is 4.81. The van der Waals surface area contributed by atoms with Crippen molar-refractivity contribution in [2.45, 2.75) is 84.0 Å². The van der Waals surface area contributed by atoms with Crippen LogP contribution in [0.25, 0.3) is 0 Å². The Bertz CT molecular complexity index is 1030. The molecule has 0 saturated carbocycles. The maximum Gasteiger partial charge on any atom is 1.00 e. The quantitative estimate of drug-likeness (QED) is 0.219. The van der Waals surface area contributed by atoms with Crippen LogP contribution < -0.4 is 9.80 Å². The minimum absolute atomic E-state index is 0. The molecule has 0 saturated heterocycles. The zero-order chi connectivity index (χ0) is 26.4. The van der Waals surface area contributed by atoms with Crippen molar-refractivity contribution in [2.24, 2.45) is 0 Å². The minimum atomic E-state index is 0. The van der Waals surface area contributed by atoms with E-state index in [0.29, 0.717) is 23.7 Å². The van der Waals surface area contributed by atoms with E-state index in [9.17, 15) is 0 Å². The SMILES string of the molecule is CC(C)c1cccc(C(C)C)c1N1[C]N(c2c(C(C)C)cccc2C(C)C)C=C1.[Cu+].[S-]c1ccccc1. The van der Waals surface area contributed by atoms with Gasteiger partial charge in [-0.1, -0.05) is 122 Å². The Labute approximate surface area is 242 Å². The molecule has 0 amide bonds. The molecule has 0 atom stereocenters. The van der Waals surface area contributed by atoms with Crippen LogP contribution in [0.15, 0.2) is 84.0 Å². The summed E-state index contributed by atoms with van der Waals surface area (Å²) in [6, 6.07) is 23.0. The smallest absolute Gasteiger partial charge is 0.780 e. The van der Waals surface area contributed by atoms with E-state index >= 15 is 0 Å². The molecule has 1 aliphatic heterocycles. The predicted octanol–water partition coefficient (Wildman–Crippen LogP) is 9.56. The number of anilines is 2. The average Bonchev–Trinajstić information content (AvgIpc) is 3.33. The van der Waals surface area contributed by atoms with E-state index in [4.69, 9.17) is 12.6 Å². The Kier molecular flexibility index (Phi) is 11.8. The van der Waals surface area contributed by atoms with Crippen LogP contribution in [0, 0.1) is 6.67 Å². The van der Waals surface area contributed by atoms with Gasteiger partial charge in [0.2, 0.25) is 6.67 Å². The van der Waals surface area contributed by atoms with Crippen LogP contribution in [0.5, 0.6) is 0 Å². The molecule has 3 aromatic rings. The molecule has 0 unspecified atom stereocenters. The van der Waals surface area contributed by atoms with Crippen LogP contribution in [0.2, 0.25) is 0 Å². The number of rotatable bonds is 6. The predicted molar refractivity (Wildman–Crippen MR) is 159 cm³/mol. The van der Waals surface area contributed by atoms with Gasteiger partial charge in [0.05, 0.1) is 11.4 Å². The first kappa shape index (κ1) is 31.0. The van der Waals surface area contributed by atoms with Crippen LogP contribution >= 0.6 is 0 Å². The van der Waals surface area contributed by atoms with E-state index in [0.717, 1.165) is 4.90 Å². The molecule has 2 nitrogen and oxygen atoms in total. The minimum Gasteiger partial charge on any atom is -0.780 e. The molecule has 0 N–H and O–H groups in total. The van der Waals surface area contributed by atoms with Gasteiger partial charge in [0.15, 0.2) is 0 Å². The number of benzene rings is 3. The number of hydrogen-bond donors (Lipinski definition) is 0. The molecular weight excluding hydrogens is 520 g/mol. The van der Waals surface area contributed by atoms with Gasteiger partial charge < -0.3 is 22.4 Å². The summed E-state index contributed by atoms with van der Waals surface area (Å²) in [5.74, 6) is 1.84. The normalized spacial score (nSPS) is 12.9. The Morgan fingerprint density at radius 3 is 1.08 bits per heavy atom. The van der Waals surface area contributed by atoms with Crippen LogP contribution in [0.4, 0.5) is 11.4 Å². The zero-order valence-electron chi connectivity index (χ0n) is 23.4. The molecule has 200 valence electrons. The van der Waals surface area contributed by atoms with Gasteiger partial charge in [-0.05, 0) is 45.9 Å². The molecule has 2 radical (unpaired) electrons. The summed E-state index contributed by atoms with van der Waals surface area (Å²) in [4.78, 5) is 5.31. The molecule has 37 heavy (non-hydrogen) atoms. The third-order valence-electron chi connectivity index (χ3n) is 6.49. The summed E-state index contributed by atoms with van der Waals surface area (Å²) in [6.07, 6.45) is 4.32. The molecule has 0 spiro atoms. The van der Waals surface area contributed by atoms with Crippen molar-refractivity contribution >= 4 is 24.0 Å². The second-order valence-corrected chi connectivity index (χ2v) is 11.1. The fourth-order valence-corrected chi connectivity index (χ4v) is 4.72. The number of hydrogen-bond acceptors (Lipinski definition) is 3. The van der Waals surface area contributed by atoms with Crippen LogP contribution in [-0.2, 0) is 29.7 Å². The summed E-state index contributed by atoms with van der Waals surface area (Å²) in [6.45, 7) is 21.8. The van der Waals surface area contributed by atoms with Gasteiger partial charge in [0.1, 0.15) is 0 Å². The fraction of sp³-hybridized carbons (Fsp3) is 0.364. The van der Waals surface area contributed by atoms with E-state index < -0.39 is 0 Å². The van der Waals surface area contributed by atoms with Gasteiger partial charge in [-0.2, -0.15) is 4.90 Å². The summed E-state index contributed by atoms with van der Waals surface area (Å²) in [5.41, 5.74) is 8.05. The molecule has 0 fully saturated rings. The largest absolute Gasteiger partial charge is 1.00 e. The van der Waals surface area contributed by atoms with Crippen LogP contribution in [0.1, 0.15) is 101 Å². The molecule has 0 aliphatic carbocycles. The summed E-state index contributed by atoms with van der Waals surface area (Å²) in [7, 11) is 0. The number of para-hydroxylation sites is 2. The average molecular weight is 561 g/mol. The van der Waals surface area contributed by atoms with E-state index in [1.807, 2.05) is 30.3 Å². The second kappa shape index (κ2) is 14.0. The monoisotopic (exact) mass is 560 g/mol. The van der Waals surface area contributed by atoms with E-state index in [1.165, 1.54) is 33.6 Å². The molecule has 0 bridgehead atoms. The Morgan fingerprint density at radius 2 is 0.838 bits per heavy atom. The molecule has 1 heterocycles. The van der Waals surface area contributed by atoms with E-state index in [-0.39, 0.29) is 17.1 Å². The Balaban J connectivity index is 0.000000520. The van der Waals surface area contributed by atoms with Crippen LogP contribution in [-0.4, -0.2) is 0 Å². The molecule has 4 heteroatoms. The van der Waals surface area contributed by atoms with Crippen molar-refractivity contribution < 1.29 is 17.1 Å². The van der Waals surface area contributed by atoms with Crippen molar-refractivity contribution in [1.29, 1.82) is 0 Å². The second-order valence-electron chi connectivity index (χ2n) is 10.6. The van der Waals surface area contributed by atoms with E-state index in [2.05, 4.69) is 121 Å². The van der Waals surface area contributed by atoms with Gasteiger partial charge in [0.25, 0.3) is 0 Å². The van der Waals surface area contributed by atoms with Gasteiger partial charge in [-0.3, -0.25) is 0 Å². The molecule has 1 aliphatic rings. The van der Waals surface area contributed by atoms with Gasteiger partial charge in [0, 0.05) is 12.4 Å². The van der Waals surface area contributed by atoms with E-state index in [1.54, 1.807) is 0 Å². The van der Waals surface area contributed by atoms with Crippen LogP contribution in [0.3, 0.4) is 0 Å². The Hall–Kier alpha value is -2.26.